The van der Waals surface area contributed by atoms with Crippen molar-refractivity contribution in [3.05, 3.63) is 42.8 Å². The van der Waals surface area contributed by atoms with E-state index in [1.54, 1.807) is 7.11 Å². The number of methoxy groups -OCH3 is 1. The molecule has 0 aliphatic rings. The van der Waals surface area contributed by atoms with Crippen LogP contribution in [0.15, 0.2) is 30.3 Å². The van der Waals surface area contributed by atoms with Gasteiger partial charge >= 0.3 is 0 Å². The molecule has 0 unspecified atom stereocenters. The predicted octanol–water partition coefficient (Wildman–Crippen LogP) is 2.61. The molecule has 1 radical (unpaired) electrons. The number of nitrogens with two attached hydrogens (primary N) is 1. The van der Waals surface area contributed by atoms with E-state index in [1.807, 2.05) is 30.3 Å². The van der Waals surface area contributed by atoms with Crippen LogP contribution in [0.3, 0.4) is 0 Å². The quantitative estimate of drug-likeness (QED) is 0.695. The van der Waals surface area contributed by atoms with Gasteiger partial charge < -0.3 is 10.5 Å². The summed E-state index contributed by atoms with van der Waals surface area (Å²) >= 11 is 0. The van der Waals surface area contributed by atoms with Gasteiger partial charge in [0, 0.05) is 5.56 Å². The molecule has 0 amide bonds. The van der Waals surface area contributed by atoms with Gasteiger partial charge in [0.05, 0.1) is 12.8 Å². The molecule has 0 aliphatic carbocycles. The van der Waals surface area contributed by atoms with Crippen LogP contribution in [0.4, 0.5) is 5.69 Å². The molecule has 0 atom stereocenters. The zero-order valence-corrected chi connectivity index (χ0v) is 8.08. The summed E-state index contributed by atoms with van der Waals surface area (Å²) in [6, 6.07) is 9.89. The van der Waals surface area contributed by atoms with Crippen molar-refractivity contribution >= 4 is 16.5 Å². The fourth-order valence-corrected chi connectivity index (χ4v) is 1.67. The van der Waals surface area contributed by atoms with E-state index in [1.165, 1.54) is 0 Å². The molecule has 2 N–H and O–H groups in total. The lowest BCUT2D eigenvalue weighted by Gasteiger charge is -2.10. The molecule has 0 bridgehead atoms. The van der Waals surface area contributed by atoms with Gasteiger partial charge in [0.25, 0.3) is 0 Å². The van der Waals surface area contributed by atoms with E-state index in [0.29, 0.717) is 11.4 Å². The van der Waals surface area contributed by atoms with Gasteiger partial charge in [-0.25, -0.2) is 0 Å². The van der Waals surface area contributed by atoms with E-state index in [-0.39, 0.29) is 0 Å². The molecule has 2 aromatic carbocycles. The SMILES string of the molecule is [CH2]c1c(OC)c(N)cc2ccccc12. The highest BCUT2D eigenvalue weighted by atomic mass is 16.5. The molecular weight excluding hydrogens is 174 g/mol. The van der Waals surface area contributed by atoms with Crippen molar-refractivity contribution in [2.75, 3.05) is 12.8 Å². The highest BCUT2D eigenvalue weighted by Crippen LogP contribution is 2.32. The average molecular weight is 186 g/mol. The summed E-state index contributed by atoms with van der Waals surface area (Å²) in [6.45, 7) is 3.98. The summed E-state index contributed by atoms with van der Waals surface area (Å²) in [5.41, 5.74) is 7.32. The first-order valence-corrected chi connectivity index (χ1v) is 4.41. The molecule has 71 valence electrons. The van der Waals surface area contributed by atoms with E-state index in [9.17, 15) is 0 Å². The van der Waals surface area contributed by atoms with Gasteiger partial charge in [-0.2, -0.15) is 0 Å². The van der Waals surface area contributed by atoms with E-state index in [2.05, 4.69) is 6.92 Å². The lowest BCUT2D eigenvalue weighted by Crippen LogP contribution is -1.95. The van der Waals surface area contributed by atoms with Crippen LogP contribution in [-0.4, -0.2) is 7.11 Å². The first kappa shape index (κ1) is 8.88. The summed E-state index contributed by atoms with van der Waals surface area (Å²) in [5, 5.41) is 2.18. The maximum atomic E-state index is 5.83. The molecule has 0 fully saturated rings. The molecule has 0 heterocycles. The van der Waals surface area contributed by atoms with Crippen LogP contribution < -0.4 is 10.5 Å². The first-order chi connectivity index (χ1) is 6.74. The molecule has 2 aromatic rings. The minimum atomic E-state index is 0.635. The third-order valence-corrected chi connectivity index (χ3v) is 2.34. The molecule has 2 rings (SSSR count). The summed E-state index contributed by atoms with van der Waals surface area (Å²) < 4.78 is 5.20. The topological polar surface area (TPSA) is 35.2 Å². The maximum absolute atomic E-state index is 5.83. The van der Waals surface area contributed by atoms with Crippen LogP contribution >= 0.6 is 0 Å². The normalized spacial score (nSPS) is 10.4. The second-order valence-electron chi connectivity index (χ2n) is 3.20. The van der Waals surface area contributed by atoms with Crippen molar-refractivity contribution in [3.8, 4) is 5.75 Å². The minimum absolute atomic E-state index is 0.635. The number of hydrogen-bond acceptors (Lipinski definition) is 2. The highest BCUT2D eigenvalue weighted by molar-refractivity contribution is 5.92. The Kier molecular flexibility index (Phi) is 2.04. The maximum Gasteiger partial charge on any atom is 0.145 e. The van der Waals surface area contributed by atoms with Crippen LogP contribution in [0.25, 0.3) is 10.8 Å². The van der Waals surface area contributed by atoms with Crippen molar-refractivity contribution < 1.29 is 4.74 Å². The second kappa shape index (κ2) is 3.22. The Hall–Kier alpha value is -1.70. The Balaban J connectivity index is 2.86. The summed E-state index contributed by atoms with van der Waals surface area (Å²) in [4.78, 5) is 0. The number of anilines is 1. The van der Waals surface area contributed by atoms with E-state index < -0.39 is 0 Å². The lowest BCUT2D eigenvalue weighted by molar-refractivity contribution is 0.416. The van der Waals surface area contributed by atoms with Crippen molar-refractivity contribution in [2.24, 2.45) is 0 Å². The van der Waals surface area contributed by atoms with Crippen LogP contribution in [-0.2, 0) is 0 Å². The molecule has 0 saturated carbocycles. The van der Waals surface area contributed by atoms with Crippen LogP contribution in [0.1, 0.15) is 5.56 Å². The average Bonchev–Trinajstić information content (AvgIpc) is 2.18. The summed E-state index contributed by atoms with van der Waals surface area (Å²) in [5.74, 6) is 0.670. The van der Waals surface area contributed by atoms with Crippen molar-refractivity contribution in [1.82, 2.24) is 0 Å². The third-order valence-electron chi connectivity index (χ3n) is 2.34. The molecule has 0 spiro atoms. The number of benzene rings is 2. The van der Waals surface area contributed by atoms with Crippen molar-refractivity contribution in [2.45, 2.75) is 0 Å². The van der Waals surface area contributed by atoms with Gasteiger partial charge in [0.2, 0.25) is 0 Å². The second-order valence-corrected chi connectivity index (χ2v) is 3.20. The highest BCUT2D eigenvalue weighted by Gasteiger charge is 2.07. The molecule has 0 aliphatic heterocycles. The number of rotatable bonds is 1. The Bertz CT molecular complexity index is 477. The van der Waals surface area contributed by atoms with Gasteiger partial charge in [-0.05, 0) is 23.8 Å². The van der Waals surface area contributed by atoms with Gasteiger partial charge in [-0.1, -0.05) is 24.3 Å². The van der Waals surface area contributed by atoms with Crippen molar-refractivity contribution in [3.63, 3.8) is 0 Å². The van der Waals surface area contributed by atoms with Gasteiger partial charge in [0.15, 0.2) is 0 Å². The molecule has 14 heavy (non-hydrogen) atoms. The smallest absolute Gasteiger partial charge is 0.145 e. The molecule has 0 saturated heterocycles. The Labute approximate surface area is 83.3 Å². The van der Waals surface area contributed by atoms with E-state index >= 15 is 0 Å². The van der Waals surface area contributed by atoms with E-state index in [0.717, 1.165) is 16.3 Å². The largest absolute Gasteiger partial charge is 0.494 e. The number of nitrogen functional groups attached to an aromatic ring is 1. The number of hydrogen-bond donors (Lipinski definition) is 1. The molecular formula is C12H12NO. The number of ether oxygens (including phenoxy) is 1. The fraction of sp³-hybridized carbons (Fsp3) is 0.0833. The lowest BCUT2D eigenvalue weighted by atomic mass is 10.0. The molecule has 0 aromatic heterocycles. The van der Waals surface area contributed by atoms with Gasteiger partial charge in [0.1, 0.15) is 5.75 Å². The number of fused-ring (bicyclic) bond motifs is 1. The third kappa shape index (κ3) is 1.20. The van der Waals surface area contributed by atoms with Gasteiger partial charge in [-0.15, -0.1) is 0 Å². The van der Waals surface area contributed by atoms with Crippen LogP contribution in [0.2, 0.25) is 0 Å². The minimum Gasteiger partial charge on any atom is -0.494 e. The zero-order valence-electron chi connectivity index (χ0n) is 8.08. The zero-order chi connectivity index (χ0) is 10.1. The van der Waals surface area contributed by atoms with E-state index in [4.69, 9.17) is 10.5 Å². The first-order valence-electron chi connectivity index (χ1n) is 4.41. The predicted molar refractivity (Wildman–Crippen MR) is 59.4 cm³/mol. The van der Waals surface area contributed by atoms with Crippen LogP contribution in [0, 0.1) is 6.92 Å². The monoisotopic (exact) mass is 186 g/mol. The van der Waals surface area contributed by atoms with Gasteiger partial charge in [-0.3, -0.25) is 0 Å². The Morgan fingerprint density at radius 2 is 2.00 bits per heavy atom. The summed E-state index contributed by atoms with van der Waals surface area (Å²) in [6.07, 6.45) is 0. The van der Waals surface area contributed by atoms with Crippen LogP contribution in [0.5, 0.6) is 5.75 Å². The molecule has 2 nitrogen and oxygen atoms in total. The Morgan fingerprint density at radius 3 is 2.71 bits per heavy atom. The standard InChI is InChI=1S/C12H12NO/c1-8-10-6-4-3-5-9(10)7-11(13)12(8)14-2/h3-7H,1,13H2,2H3. The Morgan fingerprint density at radius 1 is 1.29 bits per heavy atom. The summed E-state index contributed by atoms with van der Waals surface area (Å²) in [7, 11) is 1.61. The molecule has 2 heteroatoms. The fourth-order valence-electron chi connectivity index (χ4n) is 1.67. The van der Waals surface area contributed by atoms with Crippen molar-refractivity contribution in [1.29, 1.82) is 0 Å².